The lowest BCUT2D eigenvalue weighted by Crippen LogP contribution is -2.26. The number of carbonyl (C=O) groups excluding carboxylic acids is 1. The Balaban J connectivity index is 1.57. The smallest absolute Gasteiger partial charge is 0.253 e. The molecule has 0 atom stereocenters. The van der Waals surface area contributed by atoms with E-state index in [1.807, 2.05) is 36.4 Å². The summed E-state index contributed by atoms with van der Waals surface area (Å²) in [6.45, 7) is 0.488. The molecule has 2 aromatic carbocycles. The number of hydrogen-bond acceptors (Lipinski definition) is 6. The van der Waals surface area contributed by atoms with Gasteiger partial charge in [0.1, 0.15) is 11.0 Å². The third-order valence-electron chi connectivity index (χ3n) is 3.66. The van der Waals surface area contributed by atoms with Gasteiger partial charge >= 0.3 is 0 Å². The standard InChI is InChI=1S/C16H12N4O2S/c1-20(8-10-2-4-12-14(6-10)19-22-18-12)16(21)11-3-5-13-15(7-11)23-9-17-13/h2-7,9H,8H2,1H3. The first-order valence-electron chi connectivity index (χ1n) is 7.00. The molecule has 0 unspecified atom stereocenters. The summed E-state index contributed by atoms with van der Waals surface area (Å²) in [7, 11) is 1.78. The largest absolute Gasteiger partial charge is 0.337 e. The zero-order valence-electron chi connectivity index (χ0n) is 12.3. The van der Waals surface area contributed by atoms with Crippen LogP contribution in [0.2, 0.25) is 0 Å². The van der Waals surface area contributed by atoms with Crippen LogP contribution in [0.4, 0.5) is 0 Å². The zero-order chi connectivity index (χ0) is 15.8. The van der Waals surface area contributed by atoms with Crippen LogP contribution in [0.3, 0.4) is 0 Å². The summed E-state index contributed by atoms with van der Waals surface area (Å²) < 4.78 is 5.70. The van der Waals surface area contributed by atoms with Crippen LogP contribution in [-0.4, -0.2) is 33.2 Å². The SMILES string of the molecule is CN(Cc1ccc2nonc2c1)C(=O)c1ccc2ncsc2c1. The van der Waals surface area contributed by atoms with Gasteiger partial charge in [-0.05, 0) is 46.2 Å². The number of benzene rings is 2. The molecule has 0 fully saturated rings. The van der Waals surface area contributed by atoms with Crippen LogP contribution in [0.25, 0.3) is 21.3 Å². The second kappa shape index (κ2) is 5.44. The molecule has 0 aliphatic carbocycles. The second-order valence-corrected chi connectivity index (χ2v) is 6.17. The predicted molar refractivity (Wildman–Crippen MR) is 87.2 cm³/mol. The fourth-order valence-electron chi connectivity index (χ4n) is 2.48. The van der Waals surface area contributed by atoms with Crippen molar-refractivity contribution in [2.24, 2.45) is 0 Å². The van der Waals surface area contributed by atoms with Crippen molar-refractivity contribution in [3.8, 4) is 0 Å². The van der Waals surface area contributed by atoms with Crippen LogP contribution in [0, 0.1) is 0 Å². The van der Waals surface area contributed by atoms with E-state index in [1.165, 1.54) is 11.3 Å². The summed E-state index contributed by atoms with van der Waals surface area (Å²) in [6, 6.07) is 11.2. The molecule has 0 saturated carbocycles. The molecule has 1 amide bonds. The molecule has 0 bridgehead atoms. The van der Waals surface area contributed by atoms with Crippen molar-refractivity contribution in [2.45, 2.75) is 6.54 Å². The Bertz CT molecular complexity index is 1010. The Labute approximate surface area is 135 Å². The molecule has 4 rings (SSSR count). The van der Waals surface area contributed by atoms with E-state index in [0.29, 0.717) is 23.1 Å². The minimum atomic E-state index is -0.0290. The van der Waals surface area contributed by atoms with Gasteiger partial charge in [0.15, 0.2) is 0 Å². The molecular formula is C16H12N4O2S. The Morgan fingerprint density at radius 2 is 1.96 bits per heavy atom. The maximum atomic E-state index is 12.6. The Kier molecular flexibility index (Phi) is 3.27. The van der Waals surface area contributed by atoms with Crippen LogP contribution < -0.4 is 0 Å². The summed E-state index contributed by atoms with van der Waals surface area (Å²) in [6.07, 6.45) is 0. The third kappa shape index (κ3) is 2.55. The van der Waals surface area contributed by atoms with Crippen molar-refractivity contribution in [1.82, 2.24) is 20.2 Å². The summed E-state index contributed by atoms with van der Waals surface area (Å²) >= 11 is 1.53. The number of aromatic nitrogens is 3. The Hall–Kier alpha value is -2.80. The molecule has 114 valence electrons. The number of hydrogen-bond donors (Lipinski definition) is 0. The van der Waals surface area contributed by atoms with Gasteiger partial charge in [0, 0.05) is 19.2 Å². The molecule has 0 radical (unpaired) electrons. The first-order valence-corrected chi connectivity index (χ1v) is 7.88. The van der Waals surface area contributed by atoms with E-state index < -0.39 is 0 Å². The van der Waals surface area contributed by atoms with E-state index in [2.05, 4.69) is 19.9 Å². The van der Waals surface area contributed by atoms with Crippen molar-refractivity contribution in [2.75, 3.05) is 7.05 Å². The fourth-order valence-corrected chi connectivity index (χ4v) is 3.20. The quantitative estimate of drug-likeness (QED) is 0.579. The maximum Gasteiger partial charge on any atom is 0.253 e. The highest BCUT2D eigenvalue weighted by atomic mass is 32.1. The third-order valence-corrected chi connectivity index (χ3v) is 4.45. The van der Waals surface area contributed by atoms with Crippen LogP contribution in [-0.2, 0) is 6.54 Å². The van der Waals surface area contributed by atoms with Gasteiger partial charge in [0.2, 0.25) is 0 Å². The maximum absolute atomic E-state index is 12.6. The van der Waals surface area contributed by atoms with Crippen molar-refractivity contribution in [3.63, 3.8) is 0 Å². The molecule has 4 aromatic rings. The summed E-state index contributed by atoms with van der Waals surface area (Å²) in [5.41, 5.74) is 5.73. The minimum absolute atomic E-state index is 0.0290. The highest BCUT2D eigenvalue weighted by Crippen LogP contribution is 2.20. The van der Waals surface area contributed by atoms with Crippen LogP contribution in [0.15, 0.2) is 46.5 Å². The first-order chi connectivity index (χ1) is 11.2. The normalized spacial score (nSPS) is 11.2. The average molecular weight is 324 g/mol. The number of carbonyl (C=O) groups is 1. The zero-order valence-corrected chi connectivity index (χ0v) is 13.1. The highest BCUT2D eigenvalue weighted by molar-refractivity contribution is 7.16. The van der Waals surface area contributed by atoms with Gasteiger partial charge in [-0.15, -0.1) is 11.3 Å². The van der Waals surface area contributed by atoms with Crippen molar-refractivity contribution in [3.05, 3.63) is 53.0 Å². The van der Waals surface area contributed by atoms with Gasteiger partial charge in [-0.1, -0.05) is 6.07 Å². The van der Waals surface area contributed by atoms with Gasteiger partial charge in [0.25, 0.3) is 5.91 Å². The lowest BCUT2D eigenvalue weighted by atomic mass is 10.1. The van der Waals surface area contributed by atoms with E-state index in [9.17, 15) is 4.79 Å². The predicted octanol–water partition coefficient (Wildman–Crippen LogP) is 3.10. The van der Waals surface area contributed by atoms with Gasteiger partial charge in [-0.25, -0.2) is 9.61 Å². The van der Waals surface area contributed by atoms with E-state index in [1.54, 1.807) is 17.5 Å². The van der Waals surface area contributed by atoms with Gasteiger partial charge in [-0.2, -0.15) is 0 Å². The van der Waals surface area contributed by atoms with E-state index >= 15 is 0 Å². The number of nitrogens with zero attached hydrogens (tertiary/aromatic N) is 4. The van der Waals surface area contributed by atoms with Gasteiger partial charge in [0.05, 0.1) is 15.7 Å². The molecule has 0 saturated heterocycles. The summed E-state index contributed by atoms with van der Waals surface area (Å²) in [5.74, 6) is -0.0290. The Morgan fingerprint density at radius 1 is 1.13 bits per heavy atom. The van der Waals surface area contributed by atoms with Crippen molar-refractivity contribution < 1.29 is 9.42 Å². The molecule has 2 heterocycles. The summed E-state index contributed by atoms with van der Waals surface area (Å²) in [4.78, 5) is 18.5. The molecule has 7 heteroatoms. The van der Waals surface area contributed by atoms with Crippen molar-refractivity contribution in [1.29, 1.82) is 0 Å². The lowest BCUT2D eigenvalue weighted by Gasteiger charge is -2.17. The Morgan fingerprint density at radius 3 is 2.87 bits per heavy atom. The van der Waals surface area contributed by atoms with Crippen molar-refractivity contribution >= 4 is 38.5 Å². The molecule has 23 heavy (non-hydrogen) atoms. The average Bonchev–Trinajstić information content (AvgIpc) is 3.21. The van der Waals surface area contributed by atoms with Gasteiger partial charge < -0.3 is 4.90 Å². The van der Waals surface area contributed by atoms with E-state index in [0.717, 1.165) is 15.8 Å². The highest BCUT2D eigenvalue weighted by Gasteiger charge is 2.14. The van der Waals surface area contributed by atoms with Crippen LogP contribution in [0.1, 0.15) is 15.9 Å². The molecule has 0 spiro atoms. The topological polar surface area (TPSA) is 72.1 Å². The number of amides is 1. The molecule has 0 N–H and O–H groups in total. The molecule has 0 aliphatic heterocycles. The van der Waals surface area contributed by atoms with E-state index in [4.69, 9.17) is 0 Å². The molecule has 6 nitrogen and oxygen atoms in total. The van der Waals surface area contributed by atoms with Crippen LogP contribution in [0.5, 0.6) is 0 Å². The summed E-state index contributed by atoms with van der Waals surface area (Å²) in [5, 5.41) is 7.60. The lowest BCUT2D eigenvalue weighted by molar-refractivity contribution is 0.0785. The monoisotopic (exact) mass is 324 g/mol. The number of rotatable bonds is 3. The molecular weight excluding hydrogens is 312 g/mol. The van der Waals surface area contributed by atoms with Crippen LogP contribution >= 0.6 is 11.3 Å². The number of thiazole rings is 1. The molecule has 2 aromatic heterocycles. The molecule has 0 aliphatic rings. The number of fused-ring (bicyclic) bond motifs is 2. The second-order valence-electron chi connectivity index (χ2n) is 5.28. The first kappa shape index (κ1) is 13.8. The van der Waals surface area contributed by atoms with E-state index in [-0.39, 0.29) is 5.91 Å². The van der Waals surface area contributed by atoms with Gasteiger partial charge in [-0.3, -0.25) is 4.79 Å². The fraction of sp³-hybridized carbons (Fsp3) is 0.125. The minimum Gasteiger partial charge on any atom is -0.337 e.